The van der Waals surface area contributed by atoms with E-state index in [9.17, 15) is 22.8 Å². The van der Waals surface area contributed by atoms with Gasteiger partial charge in [-0.3, -0.25) is 10.1 Å². The number of carbonyl (C=O) groups excluding carboxylic acids is 3. The molecule has 3 amide bonds. The highest BCUT2D eigenvalue weighted by atomic mass is 32.2. The summed E-state index contributed by atoms with van der Waals surface area (Å²) in [5.74, 6) is -1.56. The van der Waals surface area contributed by atoms with Crippen LogP contribution in [0, 0.1) is 0 Å². The Labute approximate surface area is 164 Å². The van der Waals surface area contributed by atoms with Crippen molar-refractivity contribution in [3.63, 3.8) is 0 Å². The molecule has 1 heterocycles. The molecule has 10 heteroatoms. The summed E-state index contributed by atoms with van der Waals surface area (Å²) in [6, 6.07) is 4.68. The van der Waals surface area contributed by atoms with Crippen molar-refractivity contribution in [2.45, 2.75) is 43.6 Å². The van der Waals surface area contributed by atoms with Crippen molar-refractivity contribution in [1.82, 2.24) is 14.9 Å². The molecule has 0 saturated carbocycles. The van der Waals surface area contributed by atoms with Gasteiger partial charge >= 0.3 is 12.0 Å². The summed E-state index contributed by atoms with van der Waals surface area (Å²) in [6.07, 6.45) is 2.51. The number of ether oxygens (including phenoxy) is 1. The highest BCUT2D eigenvalue weighted by molar-refractivity contribution is 7.89. The number of carbonyl (C=O) groups is 3. The molecule has 9 nitrogen and oxygen atoms in total. The van der Waals surface area contributed by atoms with Crippen molar-refractivity contribution < 1.29 is 27.5 Å². The largest absolute Gasteiger partial charge is 0.449 e. The molecular weight excluding hydrogens is 386 g/mol. The maximum atomic E-state index is 12.7. The minimum atomic E-state index is -3.61. The number of hydrogen-bond donors (Lipinski definition) is 2. The van der Waals surface area contributed by atoms with Crippen LogP contribution in [-0.2, 0) is 19.6 Å². The lowest BCUT2D eigenvalue weighted by Crippen LogP contribution is -2.43. The van der Waals surface area contributed by atoms with Crippen LogP contribution in [0.4, 0.5) is 4.79 Å². The molecule has 0 spiro atoms. The summed E-state index contributed by atoms with van der Waals surface area (Å²) >= 11 is 0. The molecule has 0 aliphatic carbocycles. The first-order valence-electron chi connectivity index (χ1n) is 9.09. The maximum Gasteiger partial charge on any atom is 0.338 e. The number of urea groups is 1. The first-order chi connectivity index (χ1) is 13.3. The molecule has 1 aromatic rings. The van der Waals surface area contributed by atoms with Crippen LogP contribution in [0.3, 0.4) is 0 Å². The zero-order valence-electron chi connectivity index (χ0n) is 15.9. The predicted molar refractivity (Wildman–Crippen MR) is 101 cm³/mol. The molecule has 154 valence electrons. The Balaban J connectivity index is 2.03. The summed E-state index contributed by atoms with van der Waals surface area (Å²) in [5.41, 5.74) is 0.106. The Morgan fingerprint density at radius 3 is 2.14 bits per heavy atom. The van der Waals surface area contributed by atoms with Gasteiger partial charge < -0.3 is 10.1 Å². The number of nitrogens with one attached hydrogen (secondary N) is 2. The van der Waals surface area contributed by atoms with E-state index in [-0.39, 0.29) is 10.5 Å². The lowest BCUT2D eigenvalue weighted by atomic mass is 10.2. The van der Waals surface area contributed by atoms with Crippen LogP contribution in [-0.4, -0.2) is 56.9 Å². The first-order valence-corrected chi connectivity index (χ1v) is 10.5. The average Bonchev–Trinajstić information content (AvgIpc) is 2.97. The van der Waals surface area contributed by atoms with Gasteiger partial charge in [0.15, 0.2) is 6.10 Å². The molecule has 2 rings (SSSR count). The lowest BCUT2D eigenvalue weighted by molar-refractivity contribution is -0.127. The highest BCUT2D eigenvalue weighted by Crippen LogP contribution is 2.21. The first kappa shape index (κ1) is 21.8. The van der Waals surface area contributed by atoms with Crippen LogP contribution in [0.25, 0.3) is 0 Å². The van der Waals surface area contributed by atoms with E-state index in [0.29, 0.717) is 13.1 Å². The topological polar surface area (TPSA) is 122 Å². The third-order valence-corrected chi connectivity index (χ3v) is 6.32. The van der Waals surface area contributed by atoms with Crippen molar-refractivity contribution in [3.8, 4) is 0 Å². The number of sulfonamides is 1. The van der Waals surface area contributed by atoms with Crippen LogP contribution < -0.4 is 10.6 Å². The fraction of sp³-hybridized carbons (Fsp3) is 0.500. The second-order valence-corrected chi connectivity index (χ2v) is 8.40. The summed E-state index contributed by atoms with van der Waals surface area (Å²) in [6.45, 7) is 2.31. The van der Waals surface area contributed by atoms with E-state index in [2.05, 4.69) is 5.32 Å². The molecule has 0 unspecified atom stereocenters. The summed E-state index contributed by atoms with van der Waals surface area (Å²) in [5, 5.41) is 4.22. The van der Waals surface area contributed by atoms with Crippen LogP contribution in [0.2, 0.25) is 0 Å². The van der Waals surface area contributed by atoms with Gasteiger partial charge in [-0.25, -0.2) is 18.0 Å². The molecule has 1 fully saturated rings. The number of amides is 3. The fourth-order valence-electron chi connectivity index (χ4n) is 2.75. The van der Waals surface area contributed by atoms with Gasteiger partial charge in [0.2, 0.25) is 10.0 Å². The van der Waals surface area contributed by atoms with Crippen LogP contribution >= 0.6 is 0 Å². The van der Waals surface area contributed by atoms with E-state index < -0.39 is 34.0 Å². The SMILES string of the molecule is CNC(=O)NC(=O)[C@H](C)OC(=O)c1ccc(S(=O)(=O)N2CCCCCC2)cc1. The molecule has 0 bridgehead atoms. The number of esters is 1. The quantitative estimate of drug-likeness (QED) is 0.703. The molecule has 1 atom stereocenters. The van der Waals surface area contributed by atoms with Crippen molar-refractivity contribution in [2.24, 2.45) is 0 Å². The van der Waals surface area contributed by atoms with Crippen LogP contribution in [0.1, 0.15) is 43.0 Å². The van der Waals surface area contributed by atoms with Gasteiger partial charge in [-0.2, -0.15) is 4.31 Å². The van der Waals surface area contributed by atoms with Gasteiger partial charge in [-0.1, -0.05) is 12.8 Å². The van der Waals surface area contributed by atoms with Gasteiger partial charge in [0, 0.05) is 20.1 Å². The minimum absolute atomic E-state index is 0.106. The van der Waals surface area contributed by atoms with Crippen LogP contribution in [0.5, 0.6) is 0 Å². The molecule has 1 aliphatic rings. The Hall–Kier alpha value is -2.46. The monoisotopic (exact) mass is 411 g/mol. The molecule has 0 radical (unpaired) electrons. The highest BCUT2D eigenvalue weighted by Gasteiger charge is 2.26. The van der Waals surface area contributed by atoms with E-state index in [1.807, 2.05) is 5.32 Å². The summed E-state index contributed by atoms with van der Waals surface area (Å²) in [7, 11) is -2.26. The molecule has 0 aromatic heterocycles. The molecule has 1 aliphatic heterocycles. The third kappa shape index (κ3) is 5.52. The second-order valence-electron chi connectivity index (χ2n) is 6.46. The summed E-state index contributed by atoms with van der Waals surface area (Å²) < 4.78 is 32.0. The zero-order chi connectivity index (χ0) is 20.7. The van der Waals surface area contributed by atoms with Gasteiger partial charge in [-0.15, -0.1) is 0 Å². The van der Waals surface area contributed by atoms with E-state index in [1.54, 1.807) is 0 Å². The fourth-order valence-corrected chi connectivity index (χ4v) is 4.27. The zero-order valence-corrected chi connectivity index (χ0v) is 16.8. The number of rotatable bonds is 5. The average molecular weight is 411 g/mol. The molecule has 28 heavy (non-hydrogen) atoms. The van der Waals surface area contributed by atoms with Crippen molar-refractivity contribution >= 4 is 27.9 Å². The van der Waals surface area contributed by atoms with Crippen molar-refractivity contribution in [1.29, 1.82) is 0 Å². The number of nitrogens with zero attached hydrogens (tertiary/aromatic N) is 1. The summed E-state index contributed by atoms with van der Waals surface area (Å²) in [4.78, 5) is 35.1. The Morgan fingerprint density at radius 2 is 1.61 bits per heavy atom. The van der Waals surface area contributed by atoms with Crippen LogP contribution in [0.15, 0.2) is 29.2 Å². The van der Waals surface area contributed by atoms with E-state index >= 15 is 0 Å². The standard InChI is InChI=1S/C18H25N3O6S/c1-13(16(22)20-18(24)19-2)27-17(23)14-7-9-15(10-8-14)28(25,26)21-11-5-3-4-6-12-21/h7-10,13H,3-6,11-12H2,1-2H3,(H2,19,20,22,24)/t13-/m0/s1. The van der Waals surface area contributed by atoms with Gasteiger partial charge in [-0.05, 0) is 44.0 Å². The van der Waals surface area contributed by atoms with E-state index in [4.69, 9.17) is 4.74 Å². The Bertz CT molecular complexity index is 814. The van der Waals surface area contributed by atoms with Crippen molar-refractivity contribution in [2.75, 3.05) is 20.1 Å². The minimum Gasteiger partial charge on any atom is -0.449 e. The molecule has 1 aromatic carbocycles. The van der Waals surface area contributed by atoms with Gasteiger partial charge in [0.25, 0.3) is 5.91 Å². The molecule has 1 saturated heterocycles. The van der Waals surface area contributed by atoms with E-state index in [0.717, 1.165) is 25.7 Å². The maximum absolute atomic E-state index is 12.7. The van der Waals surface area contributed by atoms with E-state index in [1.165, 1.54) is 42.5 Å². The smallest absolute Gasteiger partial charge is 0.338 e. The van der Waals surface area contributed by atoms with Crippen molar-refractivity contribution in [3.05, 3.63) is 29.8 Å². The predicted octanol–water partition coefficient (Wildman–Crippen LogP) is 1.25. The lowest BCUT2D eigenvalue weighted by Gasteiger charge is -2.20. The molecular formula is C18H25N3O6S. The Kier molecular flexibility index (Phi) is 7.53. The number of imide groups is 1. The molecule has 2 N–H and O–H groups in total. The van der Waals surface area contributed by atoms with Gasteiger partial charge in [0.05, 0.1) is 10.5 Å². The number of benzene rings is 1. The second kappa shape index (κ2) is 9.65. The number of hydrogen-bond acceptors (Lipinski definition) is 6. The van der Waals surface area contributed by atoms with Gasteiger partial charge in [0.1, 0.15) is 0 Å². The third-order valence-electron chi connectivity index (χ3n) is 4.41. The Morgan fingerprint density at radius 1 is 1.04 bits per heavy atom. The normalized spacial score (nSPS) is 16.5.